The maximum atomic E-state index is 14.1. The summed E-state index contributed by atoms with van der Waals surface area (Å²) in [5.41, 5.74) is 9.94. The molecule has 4 fully saturated rings. The number of unbranched alkanes of at least 4 members (excludes halogenated alkanes) is 1. The minimum absolute atomic E-state index is 0.000845. The lowest BCUT2D eigenvalue weighted by Gasteiger charge is -2.37. The molecule has 2 saturated carbocycles. The van der Waals surface area contributed by atoms with Crippen molar-refractivity contribution in [3.05, 3.63) is 11.6 Å². The van der Waals surface area contributed by atoms with Crippen molar-refractivity contribution >= 4 is 23.5 Å². The van der Waals surface area contributed by atoms with Crippen molar-refractivity contribution in [3.8, 4) is 0 Å². The highest BCUT2D eigenvalue weighted by molar-refractivity contribution is 6.23. The number of ketones is 2. The van der Waals surface area contributed by atoms with Crippen LogP contribution in [0.1, 0.15) is 84.5 Å². The fourth-order valence-electron chi connectivity index (χ4n) is 7.63. The van der Waals surface area contributed by atoms with Crippen LogP contribution in [-0.2, 0) is 23.9 Å². The fourth-order valence-corrected chi connectivity index (χ4v) is 7.63. The van der Waals surface area contributed by atoms with Crippen molar-refractivity contribution in [2.45, 2.75) is 108 Å². The Bertz CT molecular complexity index is 1080. The molecule has 0 bridgehead atoms. The standard InChI is InChI=1S/C32H54N6O5/c1-5-6-9-21(18-35-3)19-42-29(41)32-28(40)24-11-8-7-10-23(24)27(39)31(32,43-32)14-12-20(2)16-25(38-30(34)36-4)22-13-15-37-26(33)17-22/h12,21-26,35,37H,5-11,13-19,33H2,1-4H3,(H3,34,36,38)/t21-,22?,23?,24?,25-,26?,31+,32+/m1/s1. The second-order valence-electron chi connectivity index (χ2n) is 13.2. The molecule has 4 rings (SSSR count). The quantitative estimate of drug-likeness (QED) is 0.0494. The Morgan fingerprint density at radius 1 is 1.23 bits per heavy atom. The molecule has 7 N–H and O–H groups in total. The number of aliphatic imine (C=N–C) groups is 1. The topological polar surface area (TPSA) is 173 Å². The highest BCUT2D eigenvalue weighted by atomic mass is 16.7. The van der Waals surface area contributed by atoms with Gasteiger partial charge in [0.15, 0.2) is 23.1 Å². The van der Waals surface area contributed by atoms with Crippen LogP contribution in [0.15, 0.2) is 16.6 Å². The predicted octanol–water partition coefficient (Wildman–Crippen LogP) is 1.94. The zero-order chi connectivity index (χ0) is 31.2. The lowest BCUT2D eigenvalue weighted by molar-refractivity contribution is -0.159. The van der Waals surface area contributed by atoms with E-state index < -0.39 is 29.0 Å². The Morgan fingerprint density at radius 3 is 2.60 bits per heavy atom. The van der Waals surface area contributed by atoms with Gasteiger partial charge in [-0.15, -0.1) is 0 Å². The van der Waals surface area contributed by atoms with Crippen LogP contribution in [0.4, 0.5) is 0 Å². The van der Waals surface area contributed by atoms with Crippen molar-refractivity contribution in [1.29, 1.82) is 0 Å². The number of fused-ring (bicyclic) bond motifs is 2. The van der Waals surface area contributed by atoms with Crippen molar-refractivity contribution in [2.24, 2.45) is 40.1 Å². The van der Waals surface area contributed by atoms with E-state index in [-0.39, 0.29) is 48.6 Å². The number of nitrogens with zero attached hydrogens (tertiary/aromatic N) is 1. The summed E-state index contributed by atoms with van der Waals surface area (Å²) in [6, 6.07) is -0.000845. The number of piperidine rings is 1. The van der Waals surface area contributed by atoms with E-state index in [0.29, 0.717) is 31.8 Å². The number of esters is 1. The number of guanidine groups is 1. The molecule has 0 aromatic heterocycles. The van der Waals surface area contributed by atoms with Gasteiger partial charge < -0.3 is 36.9 Å². The molecule has 4 aliphatic rings. The summed E-state index contributed by atoms with van der Waals surface area (Å²) in [5, 5.41) is 9.80. The van der Waals surface area contributed by atoms with Gasteiger partial charge in [-0.2, -0.15) is 0 Å². The third-order valence-electron chi connectivity index (χ3n) is 10.1. The number of rotatable bonds is 14. The number of hydrogen-bond acceptors (Lipinski definition) is 9. The van der Waals surface area contributed by atoms with Gasteiger partial charge in [0.2, 0.25) is 0 Å². The third kappa shape index (κ3) is 7.00. The zero-order valence-electron chi connectivity index (χ0n) is 26.6. The number of carbonyl (C=O) groups is 3. The van der Waals surface area contributed by atoms with Gasteiger partial charge in [0.1, 0.15) is 0 Å². The number of epoxide rings is 1. The number of Topliss-reactive ketones (excluding diaryl/α,β-unsaturated/α-hetero) is 2. The van der Waals surface area contributed by atoms with E-state index in [1.165, 1.54) is 0 Å². The van der Waals surface area contributed by atoms with Crippen molar-refractivity contribution in [1.82, 2.24) is 16.0 Å². The van der Waals surface area contributed by atoms with Gasteiger partial charge in [0, 0.05) is 43.8 Å². The maximum absolute atomic E-state index is 14.1. The molecule has 2 heterocycles. The molecule has 11 heteroatoms. The van der Waals surface area contributed by atoms with Crippen LogP contribution in [-0.4, -0.2) is 80.7 Å². The number of nitrogens with two attached hydrogens (primary N) is 2. The maximum Gasteiger partial charge on any atom is 0.349 e. The van der Waals surface area contributed by atoms with Gasteiger partial charge in [-0.3, -0.25) is 14.6 Å². The summed E-state index contributed by atoms with van der Waals surface area (Å²) >= 11 is 0. The minimum atomic E-state index is -1.84. The summed E-state index contributed by atoms with van der Waals surface area (Å²) in [6.07, 6.45) is 10.5. The van der Waals surface area contributed by atoms with Gasteiger partial charge in [-0.1, -0.05) is 44.3 Å². The van der Waals surface area contributed by atoms with Crippen molar-refractivity contribution < 1.29 is 23.9 Å². The fraction of sp³-hybridized carbons (Fsp3) is 0.812. The van der Waals surface area contributed by atoms with E-state index in [1.54, 1.807) is 7.05 Å². The van der Waals surface area contributed by atoms with E-state index in [9.17, 15) is 14.4 Å². The number of carbonyl (C=O) groups excluding carboxylic acids is 3. The zero-order valence-corrected chi connectivity index (χ0v) is 26.6. The van der Waals surface area contributed by atoms with E-state index in [2.05, 4.69) is 27.9 Å². The molecule has 2 aliphatic heterocycles. The van der Waals surface area contributed by atoms with E-state index in [0.717, 1.165) is 57.1 Å². The first-order chi connectivity index (χ1) is 20.6. The van der Waals surface area contributed by atoms with Crippen LogP contribution >= 0.6 is 0 Å². The lowest BCUT2D eigenvalue weighted by atomic mass is 9.61. The number of nitrogens with one attached hydrogen (secondary N) is 3. The first kappa shape index (κ1) is 33.6. The Kier molecular flexibility index (Phi) is 11.4. The van der Waals surface area contributed by atoms with Crippen molar-refractivity contribution in [3.63, 3.8) is 0 Å². The first-order valence-corrected chi connectivity index (χ1v) is 16.4. The molecular weight excluding hydrogens is 548 g/mol. The highest BCUT2D eigenvalue weighted by Gasteiger charge is 2.86. The lowest BCUT2D eigenvalue weighted by Crippen LogP contribution is -2.58. The van der Waals surface area contributed by atoms with Gasteiger partial charge >= 0.3 is 5.97 Å². The number of hydrogen-bond donors (Lipinski definition) is 5. The third-order valence-corrected chi connectivity index (χ3v) is 10.1. The van der Waals surface area contributed by atoms with Crippen LogP contribution in [0, 0.1) is 23.7 Å². The molecule has 2 saturated heterocycles. The minimum Gasteiger partial charge on any atom is -0.463 e. The van der Waals surface area contributed by atoms with Crippen LogP contribution < -0.4 is 27.4 Å². The molecular formula is C32H54N6O5. The smallest absolute Gasteiger partial charge is 0.349 e. The molecule has 11 nitrogen and oxygen atoms in total. The number of ether oxygens (including phenoxy) is 2. The second-order valence-corrected chi connectivity index (χ2v) is 13.2. The monoisotopic (exact) mass is 602 g/mol. The SMILES string of the molecule is CCCC[C@H](CNC)COC(=O)[C@]12O[C@@]1(CC=C(C)C[C@@H](NC(N)=NC)C1CCNC(N)C1)C(=O)C1CCCCC1C2=O. The molecule has 43 heavy (non-hydrogen) atoms. The molecule has 2 aliphatic carbocycles. The Hall–Kier alpha value is -2.34. The van der Waals surface area contributed by atoms with Crippen LogP contribution in [0.25, 0.3) is 0 Å². The van der Waals surface area contributed by atoms with E-state index in [1.807, 2.05) is 20.0 Å². The summed E-state index contributed by atoms with van der Waals surface area (Å²) in [5.74, 6) is -1.18. The molecule has 0 radical (unpaired) electrons. The second kappa shape index (κ2) is 14.6. The normalized spacial score (nSPS) is 34.2. The van der Waals surface area contributed by atoms with Gasteiger partial charge in [0.05, 0.1) is 12.8 Å². The van der Waals surface area contributed by atoms with Crippen molar-refractivity contribution in [2.75, 3.05) is 33.8 Å². The average Bonchev–Trinajstić information content (AvgIpc) is 3.72. The molecule has 8 atom stereocenters. The van der Waals surface area contributed by atoms with Crippen LogP contribution in [0.3, 0.4) is 0 Å². The van der Waals surface area contributed by atoms with Crippen LogP contribution in [0.2, 0.25) is 0 Å². The largest absolute Gasteiger partial charge is 0.463 e. The molecule has 242 valence electrons. The predicted molar refractivity (Wildman–Crippen MR) is 166 cm³/mol. The van der Waals surface area contributed by atoms with Gasteiger partial charge in [-0.05, 0) is 65.0 Å². The summed E-state index contributed by atoms with van der Waals surface area (Å²) in [4.78, 5) is 45.9. The molecule has 4 unspecified atom stereocenters. The summed E-state index contributed by atoms with van der Waals surface area (Å²) in [7, 11) is 3.52. The van der Waals surface area contributed by atoms with E-state index in [4.69, 9.17) is 20.9 Å². The summed E-state index contributed by atoms with van der Waals surface area (Å²) in [6.45, 7) is 5.85. The molecule has 0 aromatic rings. The van der Waals surface area contributed by atoms with Gasteiger partial charge in [0.25, 0.3) is 5.60 Å². The van der Waals surface area contributed by atoms with Crippen LogP contribution in [0.5, 0.6) is 0 Å². The Balaban J connectivity index is 1.54. The molecule has 0 spiro atoms. The first-order valence-electron chi connectivity index (χ1n) is 16.4. The summed E-state index contributed by atoms with van der Waals surface area (Å²) < 4.78 is 12.0. The Labute approximate surface area is 256 Å². The van der Waals surface area contributed by atoms with E-state index >= 15 is 0 Å². The average molecular weight is 603 g/mol. The molecule has 0 aromatic carbocycles. The molecule has 0 amide bonds. The Morgan fingerprint density at radius 2 is 1.95 bits per heavy atom. The van der Waals surface area contributed by atoms with Gasteiger partial charge in [-0.25, -0.2) is 4.79 Å². The highest BCUT2D eigenvalue weighted by Crippen LogP contribution is 2.61.